The largest absolute Gasteiger partial charge is 0.469 e. The highest BCUT2D eigenvalue weighted by Gasteiger charge is 2.51. The number of ether oxygens (including phenoxy) is 1. The molecule has 0 spiro atoms. The van der Waals surface area contributed by atoms with Crippen LogP contribution < -0.4 is 5.32 Å². The summed E-state index contributed by atoms with van der Waals surface area (Å²) in [6.07, 6.45) is 0.626. The Morgan fingerprint density at radius 1 is 1.14 bits per heavy atom. The molecule has 7 heteroatoms. The first kappa shape index (κ1) is 21.3. The van der Waals surface area contributed by atoms with Crippen LogP contribution in [0.2, 0.25) is 0 Å². The molecule has 1 N–H and O–H groups in total. The van der Waals surface area contributed by atoms with Gasteiger partial charge in [-0.1, -0.05) is 44.2 Å². The molecule has 2 fully saturated rings. The summed E-state index contributed by atoms with van der Waals surface area (Å²) in [5.41, 5.74) is 0.857. The van der Waals surface area contributed by atoms with Gasteiger partial charge in [0.2, 0.25) is 11.8 Å². The lowest BCUT2D eigenvalue weighted by molar-refractivity contribution is -0.148. The first-order valence-electron chi connectivity index (χ1n) is 10.4. The molecule has 1 aromatic rings. The summed E-state index contributed by atoms with van der Waals surface area (Å²) in [6, 6.07) is 8.36. The van der Waals surface area contributed by atoms with Crippen LogP contribution in [-0.2, 0) is 19.1 Å². The number of hydrogen-bond donors (Lipinski definition) is 1. The van der Waals surface area contributed by atoms with Crippen molar-refractivity contribution in [2.45, 2.75) is 38.8 Å². The first-order valence-corrected chi connectivity index (χ1v) is 10.4. The molecule has 29 heavy (non-hydrogen) atoms. The Morgan fingerprint density at radius 3 is 2.38 bits per heavy atom. The molecule has 7 nitrogen and oxygen atoms in total. The van der Waals surface area contributed by atoms with E-state index in [9.17, 15) is 14.4 Å². The Bertz CT molecular complexity index is 731. The Balaban J connectivity index is 2.00. The third-order valence-corrected chi connectivity index (χ3v) is 5.72. The summed E-state index contributed by atoms with van der Waals surface area (Å²) in [5.74, 6) is -0.942. The Kier molecular flexibility index (Phi) is 6.90. The van der Waals surface area contributed by atoms with Gasteiger partial charge in [0.05, 0.1) is 19.1 Å². The third kappa shape index (κ3) is 4.61. The summed E-state index contributed by atoms with van der Waals surface area (Å²) in [6.45, 7) is 6.66. The minimum Gasteiger partial charge on any atom is -0.469 e. The van der Waals surface area contributed by atoms with Crippen molar-refractivity contribution in [3.05, 3.63) is 35.9 Å². The predicted molar refractivity (Wildman–Crippen MR) is 109 cm³/mol. The number of likely N-dealkylation sites (tertiary alicyclic amines) is 1. The molecule has 2 heterocycles. The molecule has 3 atom stereocenters. The third-order valence-electron chi connectivity index (χ3n) is 5.72. The molecule has 1 aromatic carbocycles. The van der Waals surface area contributed by atoms with E-state index in [1.54, 1.807) is 9.80 Å². The minimum absolute atomic E-state index is 0.0732. The first-order chi connectivity index (χ1) is 13.9. The van der Waals surface area contributed by atoms with Crippen LogP contribution in [0.3, 0.4) is 0 Å². The second-order valence-corrected chi connectivity index (χ2v) is 8.21. The van der Waals surface area contributed by atoms with E-state index in [4.69, 9.17) is 4.74 Å². The van der Waals surface area contributed by atoms with E-state index >= 15 is 0 Å². The van der Waals surface area contributed by atoms with E-state index in [1.807, 2.05) is 44.2 Å². The topological polar surface area (TPSA) is 79.0 Å². The van der Waals surface area contributed by atoms with E-state index in [0.29, 0.717) is 25.9 Å². The van der Waals surface area contributed by atoms with Crippen LogP contribution in [0.5, 0.6) is 0 Å². The van der Waals surface area contributed by atoms with Gasteiger partial charge in [-0.2, -0.15) is 0 Å². The number of benzene rings is 1. The van der Waals surface area contributed by atoms with Gasteiger partial charge in [-0.15, -0.1) is 0 Å². The fourth-order valence-electron chi connectivity index (χ4n) is 4.39. The van der Waals surface area contributed by atoms with E-state index in [1.165, 1.54) is 7.11 Å². The standard InChI is InChI=1S/C22H31N3O4/c1-15(2)13-19(26)25-18(21(27)24-11-9-23-10-12-24)14-17(22(28)29-3)20(25)16-7-5-4-6-8-16/h4-8,15,17-18,20,23H,9-14H2,1-3H3. The number of carbonyl (C=O) groups excluding carboxylic acids is 3. The molecule has 3 rings (SSSR count). The number of nitrogens with one attached hydrogen (secondary N) is 1. The highest BCUT2D eigenvalue weighted by atomic mass is 16.5. The van der Waals surface area contributed by atoms with Crippen molar-refractivity contribution in [1.29, 1.82) is 0 Å². The maximum Gasteiger partial charge on any atom is 0.311 e. The maximum absolute atomic E-state index is 13.4. The number of rotatable bonds is 5. The molecule has 0 radical (unpaired) electrons. The van der Waals surface area contributed by atoms with Gasteiger partial charge in [0.1, 0.15) is 6.04 Å². The summed E-state index contributed by atoms with van der Waals surface area (Å²) in [4.78, 5) is 42.8. The van der Waals surface area contributed by atoms with Crippen molar-refractivity contribution in [2.24, 2.45) is 11.8 Å². The fourth-order valence-corrected chi connectivity index (χ4v) is 4.39. The van der Waals surface area contributed by atoms with Gasteiger partial charge in [0.15, 0.2) is 0 Å². The molecule has 2 aliphatic rings. The predicted octanol–water partition coefficient (Wildman–Crippen LogP) is 1.60. The number of nitrogens with zero attached hydrogens (tertiary/aromatic N) is 2. The summed E-state index contributed by atoms with van der Waals surface area (Å²) in [5, 5.41) is 3.24. The smallest absolute Gasteiger partial charge is 0.311 e. The van der Waals surface area contributed by atoms with Gasteiger partial charge in [-0.05, 0) is 17.9 Å². The summed E-state index contributed by atoms with van der Waals surface area (Å²) < 4.78 is 5.06. The average Bonchev–Trinajstić information content (AvgIpc) is 3.14. The molecule has 158 valence electrons. The van der Waals surface area contributed by atoms with Crippen LogP contribution >= 0.6 is 0 Å². The van der Waals surface area contributed by atoms with Gasteiger partial charge in [0, 0.05) is 32.6 Å². The van der Waals surface area contributed by atoms with Gasteiger partial charge >= 0.3 is 5.97 Å². The molecule has 0 bridgehead atoms. The monoisotopic (exact) mass is 401 g/mol. The second-order valence-electron chi connectivity index (χ2n) is 8.21. The molecular formula is C22H31N3O4. The van der Waals surface area contributed by atoms with Crippen molar-refractivity contribution in [3.63, 3.8) is 0 Å². The average molecular weight is 402 g/mol. The highest BCUT2D eigenvalue weighted by molar-refractivity contribution is 5.91. The number of carbonyl (C=O) groups is 3. The SMILES string of the molecule is COC(=O)C1CC(C(=O)N2CCNCC2)N(C(=O)CC(C)C)C1c1ccccc1. The van der Waals surface area contributed by atoms with Crippen LogP contribution in [0.1, 0.15) is 38.3 Å². The number of amides is 2. The summed E-state index contributed by atoms with van der Waals surface area (Å²) in [7, 11) is 1.36. The van der Waals surface area contributed by atoms with E-state index in [-0.39, 0.29) is 23.7 Å². The van der Waals surface area contributed by atoms with Crippen molar-refractivity contribution >= 4 is 17.8 Å². The molecule has 2 amide bonds. The summed E-state index contributed by atoms with van der Waals surface area (Å²) >= 11 is 0. The molecular weight excluding hydrogens is 370 g/mol. The lowest BCUT2D eigenvalue weighted by Gasteiger charge is -2.35. The van der Waals surface area contributed by atoms with E-state index < -0.39 is 18.0 Å². The van der Waals surface area contributed by atoms with Gasteiger partial charge in [-0.3, -0.25) is 14.4 Å². The van der Waals surface area contributed by atoms with Crippen LogP contribution in [0.4, 0.5) is 0 Å². The highest BCUT2D eigenvalue weighted by Crippen LogP contribution is 2.43. The quantitative estimate of drug-likeness (QED) is 0.758. The lowest BCUT2D eigenvalue weighted by Crippen LogP contribution is -2.53. The van der Waals surface area contributed by atoms with Crippen molar-refractivity contribution in [1.82, 2.24) is 15.1 Å². The van der Waals surface area contributed by atoms with Crippen molar-refractivity contribution < 1.29 is 19.1 Å². The fraction of sp³-hybridized carbons (Fsp3) is 0.591. The van der Waals surface area contributed by atoms with Crippen LogP contribution in [0, 0.1) is 11.8 Å². The molecule has 0 saturated carbocycles. The van der Waals surface area contributed by atoms with E-state index in [2.05, 4.69) is 5.32 Å². The normalized spacial score (nSPS) is 24.6. The number of hydrogen-bond acceptors (Lipinski definition) is 5. The van der Waals surface area contributed by atoms with Gasteiger partial charge in [-0.25, -0.2) is 0 Å². The number of piperazine rings is 1. The second kappa shape index (κ2) is 9.39. The molecule has 3 unspecified atom stereocenters. The van der Waals surface area contributed by atoms with Crippen molar-refractivity contribution in [2.75, 3.05) is 33.3 Å². The Labute approximate surface area is 172 Å². The lowest BCUT2D eigenvalue weighted by atomic mass is 9.93. The maximum atomic E-state index is 13.4. The number of esters is 1. The zero-order chi connectivity index (χ0) is 21.0. The molecule has 0 aromatic heterocycles. The number of methoxy groups -OCH3 is 1. The Hall–Kier alpha value is -2.41. The minimum atomic E-state index is -0.645. The van der Waals surface area contributed by atoms with Crippen molar-refractivity contribution in [3.8, 4) is 0 Å². The molecule has 0 aliphatic carbocycles. The molecule has 2 saturated heterocycles. The molecule has 2 aliphatic heterocycles. The van der Waals surface area contributed by atoms with Gasteiger partial charge in [0.25, 0.3) is 0 Å². The zero-order valence-electron chi connectivity index (χ0n) is 17.5. The zero-order valence-corrected chi connectivity index (χ0v) is 17.5. The Morgan fingerprint density at radius 2 is 1.79 bits per heavy atom. The van der Waals surface area contributed by atoms with Crippen LogP contribution in [0.25, 0.3) is 0 Å². The van der Waals surface area contributed by atoms with Crippen LogP contribution in [-0.4, -0.2) is 66.9 Å². The van der Waals surface area contributed by atoms with Crippen LogP contribution in [0.15, 0.2) is 30.3 Å². The van der Waals surface area contributed by atoms with E-state index in [0.717, 1.165) is 18.7 Å². The van der Waals surface area contributed by atoms with Gasteiger partial charge < -0.3 is 19.9 Å².